The smallest absolute Gasteiger partial charge is 0.191 e. The van der Waals surface area contributed by atoms with Crippen LogP contribution < -0.4 is 15.4 Å². The highest BCUT2D eigenvalue weighted by molar-refractivity contribution is 5.79. The van der Waals surface area contributed by atoms with Crippen LogP contribution in [0.1, 0.15) is 37.0 Å². The lowest BCUT2D eigenvalue weighted by Gasteiger charge is -2.27. The number of nitrogens with zero attached hydrogens (tertiary/aromatic N) is 2. The summed E-state index contributed by atoms with van der Waals surface area (Å²) >= 11 is 0. The van der Waals surface area contributed by atoms with Gasteiger partial charge in [0.05, 0.1) is 19.7 Å². The van der Waals surface area contributed by atoms with Crippen molar-refractivity contribution in [2.75, 3.05) is 40.8 Å². The molecule has 0 bridgehead atoms. The van der Waals surface area contributed by atoms with E-state index in [2.05, 4.69) is 26.6 Å². The van der Waals surface area contributed by atoms with Crippen molar-refractivity contribution in [3.05, 3.63) is 53.5 Å². The van der Waals surface area contributed by atoms with Gasteiger partial charge in [-0.15, -0.1) is 0 Å². The number of aryl methyl sites for hydroxylation is 1. The molecule has 0 fully saturated rings. The molecule has 160 valence electrons. The number of hydrogen-bond donors (Lipinski definition) is 3. The first-order valence-electron chi connectivity index (χ1n) is 9.89. The van der Waals surface area contributed by atoms with Gasteiger partial charge in [-0.05, 0) is 53.1 Å². The molecule has 2 rings (SSSR count). The predicted octanol–water partition coefficient (Wildman–Crippen LogP) is 2.66. The van der Waals surface area contributed by atoms with Gasteiger partial charge in [-0.1, -0.05) is 18.2 Å². The van der Waals surface area contributed by atoms with Crippen molar-refractivity contribution in [2.24, 2.45) is 4.99 Å². The number of furan rings is 1. The lowest BCUT2D eigenvalue weighted by molar-refractivity contribution is 0.0428. The average molecular weight is 403 g/mol. The van der Waals surface area contributed by atoms with Crippen molar-refractivity contribution in [3.8, 4) is 5.75 Å². The van der Waals surface area contributed by atoms with Crippen molar-refractivity contribution >= 4 is 5.96 Å². The first-order valence-corrected chi connectivity index (χ1v) is 9.89. The van der Waals surface area contributed by atoms with Crippen LogP contribution in [0, 0.1) is 6.92 Å². The number of methoxy groups -OCH3 is 1. The van der Waals surface area contributed by atoms with Crippen LogP contribution in [0.2, 0.25) is 0 Å². The number of rotatable bonds is 9. The lowest BCUT2D eigenvalue weighted by Crippen LogP contribution is -2.42. The van der Waals surface area contributed by atoms with Gasteiger partial charge in [-0.2, -0.15) is 0 Å². The van der Waals surface area contributed by atoms with Gasteiger partial charge in [-0.25, -0.2) is 4.99 Å². The molecule has 0 radical (unpaired) electrons. The molecule has 29 heavy (non-hydrogen) atoms. The zero-order valence-corrected chi connectivity index (χ0v) is 18.3. The van der Waals surface area contributed by atoms with Crippen molar-refractivity contribution in [2.45, 2.75) is 32.4 Å². The van der Waals surface area contributed by atoms with E-state index in [0.29, 0.717) is 18.3 Å². The second kappa shape index (κ2) is 10.3. The van der Waals surface area contributed by atoms with Gasteiger partial charge >= 0.3 is 0 Å². The topological polar surface area (TPSA) is 82.3 Å². The quantitative estimate of drug-likeness (QED) is 0.442. The first-order chi connectivity index (χ1) is 13.8. The summed E-state index contributed by atoms with van der Waals surface area (Å²) in [4.78, 5) is 6.71. The second-order valence-corrected chi connectivity index (χ2v) is 7.48. The minimum absolute atomic E-state index is 0.0863. The Hall–Kier alpha value is -2.51. The number of benzene rings is 1. The highest BCUT2D eigenvalue weighted by Crippen LogP contribution is 2.27. The normalized spacial score (nSPS) is 15.1. The molecule has 0 saturated carbocycles. The van der Waals surface area contributed by atoms with E-state index >= 15 is 0 Å². The van der Waals surface area contributed by atoms with Crippen molar-refractivity contribution in [3.63, 3.8) is 0 Å². The summed E-state index contributed by atoms with van der Waals surface area (Å²) < 4.78 is 11.1. The third-order valence-corrected chi connectivity index (χ3v) is 4.74. The number of likely N-dealkylation sites (N-methyl/N-ethyl adjacent to an activating group) is 1. The molecule has 1 heterocycles. The van der Waals surface area contributed by atoms with Gasteiger partial charge in [0.1, 0.15) is 22.9 Å². The highest BCUT2D eigenvalue weighted by Gasteiger charge is 2.27. The molecule has 2 atom stereocenters. The molecule has 0 saturated heterocycles. The Kier molecular flexibility index (Phi) is 8.10. The highest BCUT2D eigenvalue weighted by atomic mass is 16.5. The first kappa shape index (κ1) is 22.8. The largest absolute Gasteiger partial charge is 0.496 e. The molecule has 0 amide bonds. The van der Waals surface area contributed by atoms with Crippen LogP contribution in [0.25, 0.3) is 0 Å². The van der Waals surface area contributed by atoms with Gasteiger partial charge in [0.2, 0.25) is 0 Å². The fourth-order valence-corrected chi connectivity index (χ4v) is 3.08. The number of hydrogen-bond acceptors (Lipinski definition) is 5. The molecule has 7 nitrogen and oxygen atoms in total. The van der Waals surface area contributed by atoms with E-state index in [1.165, 1.54) is 0 Å². The lowest BCUT2D eigenvalue weighted by atomic mass is 10.0. The summed E-state index contributed by atoms with van der Waals surface area (Å²) in [5.41, 5.74) is -0.0818. The maximum Gasteiger partial charge on any atom is 0.191 e. The summed E-state index contributed by atoms with van der Waals surface area (Å²) in [5.74, 6) is 2.76. The summed E-state index contributed by atoms with van der Waals surface area (Å²) in [6.45, 7) is 7.09. The minimum atomic E-state index is -1.18. The molecule has 0 aliphatic carbocycles. The summed E-state index contributed by atoms with van der Waals surface area (Å²) in [7, 11) is 5.75. The molecule has 0 aliphatic heterocycles. The van der Waals surface area contributed by atoms with Gasteiger partial charge in [0.15, 0.2) is 5.96 Å². The standard InChI is InChI=1S/C22H34N4O3/c1-7-23-21(25-15-22(3,27)20-13-12-16(2)29-20)24-14-18(26(4)5)17-10-8-9-11-19(17)28-6/h8-13,18,27H,7,14-15H2,1-6H3,(H2,23,24,25). The van der Waals surface area contributed by atoms with E-state index in [1.54, 1.807) is 20.1 Å². The Bertz CT molecular complexity index is 799. The van der Waals surface area contributed by atoms with E-state index < -0.39 is 5.60 Å². The average Bonchev–Trinajstić information content (AvgIpc) is 3.13. The monoisotopic (exact) mass is 402 g/mol. The molecule has 1 aromatic heterocycles. The molecule has 2 aromatic rings. The predicted molar refractivity (Wildman–Crippen MR) is 116 cm³/mol. The van der Waals surface area contributed by atoms with Crippen LogP contribution in [-0.2, 0) is 5.60 Å². The third-order valence-electron chi connectivity index (χ3n) is 4.74. The fourth-order valence-electron chi connectivity index (χ4n) is 3.08. The van der Waals surface area contributed by atoms with Crippen molar-refractivity contribution in [1.82, 2.24) is 15.5 Å². The summed E-state index contributed by atoms with van der Waals surface area (Å²) in [6, 6.07) is 11.7. The Labute approximate surface area is 173 Å². The summed E-state index contributed by atoms with van der Waals surface area (Å²) in [6.07, 6.45) is 0. The molecule has 0 spiro atoms. The van der Waals surface area contributed by atoms with Gasteiger partial charge in [-0.3, -0.25) is 0 Å². The third kappa shape index (κ3) is 6.24. The Balaban J connectivity index is 2.13. The molecule has 1 aromatic carbocycles. The second-order valence-electron chi connectivity index (χ2n) is 7.48. The van der Waals surface area contributed by atoms with Crippen molar-refractivity contribution in [1.29, 1.82) is 0 Å². The molecule has 0 aliphatic rings. The number of para-hydroxylation sites is 1. The zero-order valence-electron chi connectivity index (χ0n) is 18.3. The van der Waals surface area contributed by atoms with Gasteiger partial charge in [0.25, 0.3) is 0 Å². The SMILES string of the molecule is CCNC(=NCC(C)(O)c1ccc(C)o1)NCC(c1ccccc1OC)N(C)C. The number of aliphatic imine (C=N–C) groups is 1. The molecular weight excluding hydrogens is 368 g/mol. The Morgan fingerprint density at radius 3 is 2.55 bits per heavy atom. The minimum Gasteiger partial charge on any atom is -0.496 e. The number of nitrogens with one attached hydrogen (secondary N) is 2. The Morgan fingerprint density at radius 2 is 1.97 bits per heavy atom. The van der Waals surface area contributed by atoms with Crippen LogP contribution in [-0.4, -0.2) is 56.8 Å². The van der Waals surface area contributed by atoms with E-state index in [0.717, 1.165) is 23.6 Å². The fraction of sp³-hybridized carbons (Fsp3) is 0.500. The molecule has 3 N–H and O–H groups in total. The number of guanidine groups is 1. The van der Waals surface area contributed by atoms with Gasteiger partial charge < -0.3 is 29.8 Å². The van der Waals surface area contributed by atoms with Crippen LogP contribution in [0.5, 0.6) is 5.75 Å². The molecule has 2 unspecified atom stereocenters. The zero-order chi connectivity index (χ0) is 21.4. The van der Waals surface area contributed by atoms with Crippen LogP contribution in [0.4, 0.5) is 0 Å². The molecular formula is C22H34N4O3. The summed E-state index contributed by atoms with van der Waals surface area (Å²) in [5, 5.41) is 17.4. The Morgan fingerprint density at radius 1 is 1.24 bits per heavy atom. The van der Waals surface area contributed by atoms with Crippen molar-refractivity contribution < 1.29 is 14.3 Å². The maximum atomic E-state index is 10.7. The van der Waals surface area contributed by atoms with E-state index in [9.17, 15) is 5.11 Å². The maximum absolute atomic E-state index is 10.7. The van der Waals surface area contributed by atoms with E-state index in [1.807, 2.05) is 52.2 Å². The van der Waals surface area contributed by atoms with Crippen LogP contribution in [0.15, 0.2) is 45.8 Å². The number of aliphatic hydroxyl groups is 1. The van der Waals surface area contributed by atoms with Crippen LogP contribution >= 0.6 is 0 Å². The van der Waals surface area contributed by atoms with Gasteiger partial charge in [0, 0.05) is 18.7 Å². The number of ether oxygens (including phenoxy) is 1. The van der Waals surface area contributed by atoms with E-state index in [4.69, 9.17) is 9.15 Å². The van der Waals surface area contributed by atoms with E-state index in [-0.39, 0.29) is 12.6 Å². The van der Waals surface area contributed by atoms with Crippen LogP contribution in [0.3, 0.4) is 0 Å². The molecule has 7 heteroatoms.